The van der Waals surface area contributed by atoms with Crippen LogP contribution in [0.15, 0.2) is 78.9 Å². The third kappa shape index (κ3) is 6.93. The highest BCUT2D eigenvalue weighted by molar-refractivity contribution is 6.09. The summed E-state index contributed by atoms with van der Waals surface area (Å²) in [7, 11) is 1.55. The number of carbonyl (C=O) groups is 3. The number of benzene rings is 3. The lowest BCUT2D eigenvalue weighted by Crippen LogP contribution is -2.50. The molecule has 3 aromatic carbocycles. The van der Waals surface area contributed by atoms with E-state index in [1.54, 1.807) is 55.6 Å². The second kappa shape index (κ2) is 12.4. The smallest absolute Gasteiger partial charge is 0.255 e. The Bertz CT molecular complexity index is 1150. The van der Waals surface area contributed by atoms with Crippen molar-refractivity contribution >= 4 is 23.4 Å². The van der Waals surface area contributed by atoms with Crippen molar-refractivity contribution in [3.8, 4) is 5.75 Å². The number of hydrogen-bond donors (Lipinski definition) is 3. The van der Waals surface area contributed by atoms with E-state index in [1.165, 1.54) is 0 Å². The van der Waals surface area contributed by atoms with Gasteiger partial charge in [-0.05, 0) is 47.9 Å². The lowest BCUT2D eigenvalue weighted by Gasteiger charge is -2.24. The Kier molecular flexibility index (Phi) is 9.01. The maximum absolute atomic E-state index is 13.2. The first-order valence-corrected chi connectivity index (χ1v) is 11.6. The van der Waals surface area contributed by atoms with E-state index >= 15 is 0 Å². The molecule has 0 saturated carbocycles. The Hall–Kier alpha value is -4.13. The van der Waals surface area contributed by atoms with E-state index in [2.05, 4.69) is 16.0 Å². The van der Waals surface area contributed by atoms with Crippen LogP contribution in [0, 0.1) is 5.92 Å². The van der Waals surface area contributed by atoms with Gasteiger partial charge in [0.1, 0.15) is 11.8 Å². The van der Waals surface area contributed by atoms with Crippen molar-refractivity contribution in [2.45, 2.75) is 32.9 Å². The largest absolute Gasteiger partial charge is 0.497 e. The molecule has 3 N–H and O–H groups in total. The summed E-state index contributed by atoms with van der Waals surface area (Å²) >= 11 is 0. The zero-order valence-electron chi connectivity index (χ0n) is 20.2. The third-order valence-corrected chi connectivity index (χ3v) is 5.86. The molecule has 0 bridgehead atoms. The fraction of sp³-hybridized carbons (Fsp3) is 0.250. The van der Waals surface area contributed by atoms with Crippen LogP contribution in [-0.2, 0) is 11.3 Å². The summed E-state index contributed by atoms with van der Waals surface area (Å²) in [5, 5.41) is 8.58. The van der Waals surface area contributed by atoms with Crippen LogP contribution in [0.4, 0.5) is 5.69 Å². The van der Waals surface area contributed by atoms with Crippen LogP contribution >= 0.6 is 0 Å². The van der Waals surface area contributed by atoms with Gasteiger partial charge in [-0.1, -0.05) is 62.7 Å². The Morgan fingerprint density at radius 1 is 0.857 bits per heavy atom. The van der Waals surface area contributed by atoms with Crippen molar-refractivity contribution < 1.29 is 19.1 Å². The molecule has 182 valence electrons. The van der Waals surface area contributed by atoms with E-state index in [0.29, 0.717) is 30.0 Å². The lowest BCUT2D eigenvalue weighted by molar-refractivity contribution is -0.124. The van der Waals surface area contributed by atoms with Crippen molar-refractivity contribution in [2.24, 2.45) is 5.92 Å². The maximum atomic E-state index is 13.2. The Balaban J connectivity index is 1.72. The molecule has 0 fully saturated rings. The Labute approximate surface area is 205 Å². The number of rotatable bonds is 10. The van der Waals surface area contributed by atoms with E-state index in [1.807, 2.05) is 44.2 Å². The number of anilines is 1. The molecule has 0 aliphatic heterocycles. The molecule has 0 heterocycles. The number of nitrogens with one attached hydrogen (secondary N) is 3. The van der Waals surface area contributed by atoms with E-state index in [0.717, 1.165) is 5.56 Å². The predicted molar refractivity (Wildman–Crippen MR) is 136 cm³/mol. The van der Waals surface area contributed by atoms with Crippen molar-refractivity contribution in [1.82, 2.24) is 10.6 Å². The molecule has 0 spiro atoms. The molecule has 2 unspecified atom stereocenters. The van der Waals surface area contributed by atoms with Crippen molar-refractivity contribution in [3.05, 3.63) is 95.6 Å². The van der Waals surface area contributed by atoms with Gasteiger partial charge in [0, 0.05) is 12.1 Å². The van der Waals surface area contributed by atoms with E-state index in [-0.39, 0.29) is 23.3 Å². The van der Waals surface area contributed by atoms with Gasteiger partial charge in [-0.3, -0.25) is 14.4 Å². The second-order valence-electron chi connectivity index (χ2n) is 8.27. The summed E-state index contributed by atoms with van der Waals surface area (Å²) < 4.78 is 5.13. The molecule has 3 amide bonds. The third-order valence-electron chi connectivity index (χ3n) is 5.86. The van der Waals surface area contributed by atoms with Crippen LogP contribution in [0.25, 0.3) is 0 Å². The van der Waals surface area contributed by atoms with Gasteiger partial charge in [0.2, 0.25) is 5.91 Å². The molecule has 7 nitrogen and oxygen atoms in total. The van der Waals surface area contributed by atoms with Crippen LogP contribution < -0.4 is 20.7 Å². The predicted octanol–water partition coefficient (Wildman–Crippen LogP) is 4.41. The van der Waals surface area contributed by atoms with Crippen LogP contribution in [0.3, 0.4) is 0 Å². The lowest BCUT2D eigenvalue weighted by atomic mass is 9.97. The molecular formula is C28H31N3O4. The average Bonchev–Trinajstić information content (AvgIpc) is 2.90. The number of methoxy groups -OCH3 is 1. The minimum Gasteiger partial charge on any atom is -0.497 e. The van der Waals surface area contributed by atoms with Crippen molar-refractivity contribution in [1.29, 1.82) is 0 Å². The van der Waals surface area contributed by atoms with Gasteiger partial charge in [0.15, 0.2) is 0 Å². The first kappa shape index (κ1) is 25.5. The van der Waals surface area contributed by atoms with Gasteiger partial charge in [-0.2, -0.15) is 0 Å². The number of amides is 3. The minimum atomic E-state index is -0.721. The Morgan fingerprint density at radius 3 is 2.17 bits per heavy atom. The van der Waals surface area contributed by atoms with Crippen molar-refractivity contribution in [2.75, 3.05) is 12.4 Å². The molecule has 0 saturated heterocycles. The first-order chi connectivity index (χ1) is 16.9. The normalized spacial score (nSPS) is 12.2. The molecule has 3 rings (SSSR count). The maximum Gasteiger partial charge on any atom is 0.255 e. The SMILES string of the molecule is CCC(C)C(NC(=O)c1ccccc1NC(=O)c1ccc(OC)cc1)C(=O)NCc1ccccc1. The molecule has 7 heteroatoms. The number of carbonyl (C=O) groups excluding carboxylic acids is 3. The number of hydrogen-bond acceptors (Lipinski definition) is 4. The topological polar surface area (TPSA) is 96.5 Å². The zero-order valence-corrected chi connectivity index (χ0v) is 20.2. The fourth-order valence-electron chi connectivity index (χ4n) is 3.54. The summed E-state index contributed by atoms with van der Waals surface area (Å²) in [4.78, 5) is 38.9. The van der Waals surface area contributed by atoms with Gasteiger partial charge in [-0.25, -0.2) is 0 Å². The standard InChI is InChI=1S/C28H31N3O4/c1-4-19(2)25(28(34)29-18-20-10-6-5-7-11-20)31-27(33)23-12-8-9-13-24(23)30-26(32)21-14-16-22(35-3)17-15-21/h5-17,19,25H,4,18H2,1-3H3,(H,29,34)(H,30,32)(H,31,33). The van der Waals surface area contributed by atoms with Crippen LogP contribution in [-0.4, -0.2) is 30.9 Å². The second-order valence-corrected chi connectivity index (χ2v) is 8.27. The highest BCUT2D eigenvalue weighted by Gasteiger charge is 2.27. The van der Waals surface area contributed by atoms with Gasteiger partial charge < -0.3 is 20.7 Å². The average molecular weight is 474 g/mol. The fourth-order valence-corrected chi connectivity index (χ4v) is 3.54. The van der Waals surface area contributed by atoms with E-state index in [4.69, 9.17) is 4.74 Å². The van der Waals surface area contributed by atoms with E-state index in [9.17, 15) is 14.4 Å². The highest BCUT2D eigenvalue weighted by atomic mass is 16.5. The molecule has 0 radical (unpaired) electrons. The summed E-state index contributed by atoms with van der Waals surface area (Å²) in [5.74, 6) is -0.488. The molecule has 0 aromatic heterocycles. The van der Waals surface area contributed by atoms with Crippen LogP contribution in [0.1, 0.15) is 46.5 Å². The summed E-state index contributed by atoms with van der Waals surface area (Å²) in [5.41, 5.74) is 2.04. The number of ether oxygens (including phenoxy) is 1. The summed E-state index contributed by atoms with van der Waals surface area (Å²) in [6, 6.07) is 22.3. The Morgan fingerprint density at radius 2 is 1.51 bits per heavy atom. The quantitative estimate of drug-likeness (QED) is 0.406. The number of para-hydroxylation sites is 1. The minimum absolute atomic E-state index is 0.0872. The van der Waals surface area contributed by atoms with Gasteiger partial charge >= 0.3 is 0 Å². The van der Waals surface area contributed by atoms with Gasteiger partial charge in [-0.15, -0.1) is 0 Å². The van der Waals surface area contributed by atoms with Gasteiger partial charge in [0.25, 0.3) is 11.8 Å². The first-order valence-electron chi connectivity index (χ1n) is 11.6. The molecule has 0 aliphatic carbocycles. The molecular weight excluding hydrogens is 442 g/mol. The highest BCUT2D eigenvalue weighted by Crippen LogP contribution is 2.19. The molecule has 3 aromatic rings. The summed E-state index contributed by atoms with van der Waals surface area (Å²) in [6.07, 6.45) is 0.708. The zero-order chi connectivity index (χ0) is 25.2. The molecule has 2 atom stereocenters. The van der Waals surface area contributed by atoms with Crippen LogP contribution in [0.2, 0.25) is 0 Å². The van der Waals surface area contributed by atoms with Crippen LogP contribution in [0.5, 0.6) is 5.75 Å². The van der Waals surface area contributed by atoms with E-state index < -0.39 is 11.9 Å². The van der Waals surface area contributed by atoms with Gasteiger partial charge in [0.05, 0.1) is 18.4 Å². The van der Waals surface area contributed by atoms with Crippen molar-refractivity contribution in [3.63, 3.8) is 0 Å². The molecule has 0 aliphatic rings. The monoisotopic (exact) mass is 473 g/mol. The summed E-state index contributed by atoms with van der Waals surface area (Å²) in [6.45, 7) is 4.26. The molecule has 35 heavy (non-hydrogen) atoms.